The van der Waals surface area contributed by atoms with Gasteiger partial charge in [-0.3, -0.25) is 0 Å². The lowest BCUT2D eigenvalue weighted by atomic mass is 10.2. The number of thioether (sulfide) groups is 1. The second-order valence-corrected chi connectivity index (χ2v) is 5.25. The van der Waals surface area contributed by atoms with Crippen molar-refractivity contribution in [3.63, 3.8) is 0 Å². The lowest BCUT2D eigenvalue weighted by molar-refractivity contribution is 1.47. The number of benzene rings is 1. The van der Waals surface area contributed by atoms with E-state index >= 15 is 0 Å². The highest BCUT2D eigenvalue weighted by atomic mass is 32.2. The number of hydrogen-bond acceptors (Lipinski definition) is 4. The van der Waals surface area contributed by atoms with Crippen LogP contribution in [0.25, 0.3) is 10.1 Å². The van der Waals surface area contributed by atoms with Gasteiger partial charge >= 0.3 is 0 Å². The molecular formula is C9H9NS3. The van der Waals surface area contributed by atoms with E-state index in [1.807, 2.05) is 12.1 Å². The molecule has 0 aliphatic rings. The van der Waals surface area contributed by atoms with Crippen LogP contribution in [0, 0.1) is 0 Å². The fourth-order valence-corrected chi connectivity index (χ4v) is 3.84. The molecule has 0 aliphatic carbocycles. The second-order valence-electron chi connectivity index (χ2n) is 2.66. The van der Waals surface area contributed by atoms with Crippen LogP contribution in [0.15, 0.2) is 27.3 Å². The first-order chi connectivity index (χ1) is 6.24. The van der Waals surface area contributed by atoms with Gasteiger partial charge in [0.1, 0.15) is 0 Å². The minimum atomic E-state index is 0.845. The highest BCUT2D eigenvalue weighted by Crippen LogP contribution is 2.41. The maximum atomic E-state index is 5.86. The molecule has 0 bridgehead atoms. The van der Waals surface area contributed by atoms with Crippen molar-refractivity contribution in [2.75, 3.05) is 12.0 Å². The molecule has 0 radical (unpaired) electrons. The van der Waals surface area contributed by atoms with E-state index in [1.54, 1.807) is 23.1 Å². The fourth-order valence-electron chi connectivity index (χ4n) is 1.30. The van der Waals surface area contributed by atoms with Crippen LogP contribution in [0.2, 0.25) is 0 Å². The number of thiol groups is 1. The first kappa shape index (κ1) is 9.24. The van der Waals surface area contributed by atoms with Gasteiger partial charge in [0.2, 0.25) is 0 Å². The Morgan fingerprint density at radius 1 is 1.46 bits per heavy atom. The summed E-state index contributed by atoms with van der Waals surface area (Å²) < 4.78 is 2.21. The molecule has 0 saturated heterocycles. The maximum absolute atomic E-state index is 5.86. The molecular weight excluding hydrogens is 218 g/mol. The maximum Gasteiger partial charge on any atom is 0.0717 e. The highest BCUT2D eigenvalue weighted by Gasteiger charge is 2.09. The molecule has 0 fully saturated rings. The van der Waals surface area contributed by atoms with Crippen LogP contribution in [0.3, 0.4) is 0 Å². The minimum Gasteiger partial charge on any atom is -0.398 e. The van der Waals surface area contributed by atoms with E-state index in [0.717, 1.165) is 14.6 Å². The van der Waals surface area contributed by atoms with E-state index in [2.05, 4.69) is 25.0 Å². The van der Waals surface area contributed by atoms with Crippen molar-refractivity contribution < 1.29 is 0 Å². The summed E-state index contributed by atoms with van der Waals surface area (Å²) in [6.07, 6.45) is 2.06. The van der Waals surface area contributed by atoms with Crippen LogP contribution < -0.4 is 5.73 Å². The number of hydrogen-bond donors (Lipinski definition) is 2. The first-order valence-corrected chi connectivity index (χ1v) is 6.27. The average Bonchev–Trinajstić information content (AvgIpc) is 2.43. The normalized spacial score (nSPS) is 10.9. The summed E-state index contributed by atoms with van der Waals surface area (Å²) in [6.45, 7) is 0. The third-order valence-corrected chi connectivity index (χ3v) is 4.55. The predicted molar refractivity (Wildman–Crippen MR) is 65.3 cm³/mol. The standard InChI is InChI=1S/C9H9NS3/c1-12-8-5-3-2-4-6(10)7(5)13-9(8)11/h2-4,11H,10H2,1H3. The Morgan fingerprint density at radius 3 is 2.92 bits per heavy atom. The van der Waals surface area contributed by atoms with Crippen LogP contribution in [-0.4, -0.2) is 6.26 Å². The van der Waals surface area contributed by atoms with Gasteiger partial charge in [-0.15, -0.1) is 35.7 Å². The fraction of sp³-hybridized carbons (Fsp3) is 0.111. The lowest BCUT2D eigenvalue weighted by Gasteiger charge is -1.96. The molecule has 0 amide bonds. The van der Waals surface area contributed by atoms with Crippen molar-refractivity contribution in [2.45, 2.75) is 9.10 Å². The van der Waals surface area contributed by atoms with Gasteiger partial charge < -0.3 is 5.73 Å². The van der Waals surface area contributed by atoms with Gasteiger partial charge in [0.25, 0.3) is 0 Å². The van der Waals surface area contributed by atoms with Crippen molar-refractivity contribution in [1.29, 1.82) is 0 Å². The topological polar surface area (TPSA) is 26.0 Å². The molecule has 68 valence electrons. The van der Waals surface area contributed by atoms with Crippen molar-refractivity contribution >= 4 is 51.5 Å². The Labute approximate surface area is 90.7 Å². The lowest BCUT2D eigenvalue weighted by Crippen LogP contribution is -1.82. The SMILES string of the molecule is CSc1c(S)sc2c(N)cccc12. The Balaban J connectivity index is 2.86. The summed E-state index contributed by atoms with van der Waals surface area (Å²) in [5.41, 5.74) is 6.71. The molecule has 1 nitrogen and oxygen atoms in total. The molecule has 0 aliphatic heterocycles. The summed E-state index contributed by atoms with van der Waals surface area (Å²) >= 11 is 7.79. The van der Waals surface area contributed by atoms with Crippen molar-refractivity contribution in [3.05, 3.63) is 18.2 Å². The smallest absolute Gasteiger partial charge is 0.0717 e. The Hall–Kier alpha value is -0.320. The summed E-state index contributed by atoms with van der Waals surface area (Å²) in [5.74, 6) is 0. The first-order valence-electron chi connectivity index (χ1n) is 3.78. The van der Waals surface area contributed by atoms with E-state index in [-0.39, 0.29) is 0 Å². The quantitative estimate of drug-likeness (QED) is 0.443. The van der Waals surface area contributed by atoms with Crippen molar-refractivity contribution in [2.24, 2.45) is 0 Å². The molecule has 0 saturated carbocycles. The van der Waals surface area contributed by atoms with Crippen LogP contribution in [0.1, 0.15) is 0 Å². The Bertz CT molecular complexity index is 447. The monoisotopic (exact) mass is 227 g/mol. The number of thiophene rings is 1. The number of fused-ring (bicyclic) bond motifs is 1. The Kier molecular flexibility index (Phi) is 2.45. The van der Waals surface area contributed by atoms with Crippen LogP contribution >= 0.6 is 35.7 Å². The van der Waals surface area contributed by atoms with E-state index in [0.29, 0.717) is 0 Å². The summed E-state index contributed by atoms with van der Waals surface area (Å²) in [5, 5.41) is 1.22. The van der Waals surface area contributed by atoms with E-state index in [4.69, 9.17) is 5.73 Å². The van der Waals surface area contributed by atoms with Gasteiger partial charge in [0.15, 0.2) is 0 Å². The van der Waals surface area contributed by atoms with Gasteiger partial charge in [-0.05, 0) is 12.3 Å². The third-order valence-electron chi connectivity index (χ3n) is 1.89. The van der Waals surface area contributed by atoms with E-state index in [9.17, 15) is 0 Å². The molecule has 0 atom stereocenters. The number of rotatable bonds is 1. The Morgan fingerprint density at radius 2 is 2.23 bits per heavy atom. The molecule has 13 heavy (non-hydrogen) atoms. The van der Waals surface area contributed by atoms with Gasteiger partial charge in [0.05, 0.1) is 8.91 Å². The molecule has 4 heteroatoms. The van der Waals surface area contributed by atoms with Gasteiger partial charge in [-0.1, -0.05) is 12.1 Å². The zero-order valence-electron chi connectivity index (χ0n) is 7.07. The molecule has 2 N–H and O–H groups in total. The molecule has 2 aromatic rings. The predicted octanol–water partition coefficient (Wildman–Crippen LogP) is 3.49. The van der Waals surface area contributed by atoms with E-state index < -0.39 is 0 Å². The van der Waals surface area contributed by atoms with E-state index in [1.165, 1.54) is 10.3 Å². The van der Waals surface area contributed by atoms with Crippen molar-refractivity contribution in [3.8, 4) is 0 Å². The average molecular weight is 227 g/mol. The molecule has 1 heterocycles. The zero-order chi connectivity index (χ0) is 9.42. The second kappa shape index (κ2) is 3.44. The highest BCUT2D eigenvalue weighted by molar-refractivity contribution is 7.99. The van der Waals surface area contributed by atoms with Gasteiger partial charge in [0, 0.05) is 16.0 Å². The zero-order valence-corrected chi connectivity index (χ0v) is 9.60. The number of nitrogens with two attached hydrogens (primary N) is 1. The molecule has 1 aromatic carbocycles. The molecule has 1 aromatic heterocycles. The van der Waals surface area contributed by atoms with Crippen LogP contribution in [0.5, 0.6) is 0 Å². The molecule has 2 rings (SSSR count). The van der Waals surface area contributed by atoms with Crippen LogP contribution in [-0.2, 0) is 0 Å². The summed E-state index contributed by atoms with van der Waals surface area (Å²) in [4.78, 5) is 1.23. The largest absolute Gasteiger partial charge is 0.398 e. The molecule has 0 unspecified atom stereocenters. The number of anilines is 1. The third kappa shape index (κ3) is 1.43. The summed E-state index contributed by atoms with van der Waals surface area (Å²) in [6, 6.07) is 6.00. The molecule has 0 spiro atoms. The minimum absolute atomic E-state index is 0.845. The van der Waals surface area contributed by atoms with Crippen molar-refractivity contribution in [1.82, 2.24) is 0 Å². The van der Waals surface area contributed by atoms with Crippen LogP contribution in [0.4, 0.5) is 5.69 Å². The number of nitrogen functional groups attached to an aromatic ring is 1. The van der Waals surface area contributed by atoms with Gasteiger partial charge in [-0.25, -0.2) is 0 Å². The summed E-state index contributed by atoms with van der Waals surface area (Å²) in [7, 11) is 0. The van der Waals surface area contributed by atoms with Gasteiger partial charge in [-0.2, -0.15) is 0 Å².